The Balaban J connectivity index is 2.72. The largest absolute Gasteiger partial charge is 0.494 e. The van der Waals surface area contributed by atoms with Crippen LogP contribution in [0.5, 0.6) is 5.75 Å². The summed E-state index contributed by atoms with van der Waals surface area (Å²) in [6, 6.07) is 5.96. The Morgan fingerprint density at radius 1 is 1.37 bits per heavy atom. The van der Waals surface area contributed by atoms with Crippen molar-refractivity contribution in [3.63, 3.8) is 0 Å². The summed E-state index contributed by atoms with van der Waals surface area (Å²) in [7, 11) is 0. The number of thioether (sulfide) groups is 1. The van der Waals surface area contributed by atoms with Gasteiger partial charge in [-0.25, -0.2) is 9.38 Å². The predicted molar refractivity (Wildman–Crippen MR) is 113 cm³/mol. The number of hydrogen-bond donors (Lipinski definition) is 0. The first kappa shape index (κ1) is 23.0. The fourth-order valence-electron chi connectivity index (χ4n) is 2.29. The zero-order valence-corrected chi connectivity index (χ0v) is 17.4. The minimum atomic E-state index is -0.293. The Morgan fingerprint density at radius 3 is 2.59 bits per heavy atom. The molecule has 1 aromatic carbocycles. The number of rotatable bonds is 10. The number of benzene rings is 1. The van der Waals surface area contributed by atoms with Gasteiger partial charge in [0.25, 0.3) is 5.91 Å². The number of hydrogen-bond acceptors (Lipinski definition) is 4. The Kier molecular flexibility index (Phi) is 10.5. The van der Waals surface area contributed by atoms with Crippen LogP contribution in [0.4, 0.5) is 4.39 Å². The summed E-state index contributed by atoms with van der Waals surface area (Å²) in [5.74, 6) is 0.228. The number of aliphatic imine (C=N–C) groups is 1. The SMILES string of the molecule is C=CC/C=C(/N=C(C)SC)C(=O)N(CCCOc1ccc(F)cc1)C(C)C. The molecule has 0 spiro atoms. The second-order valence-electron chi connectivity index (χ2n) is 6.20. The molecule has 0 saturated heterocycles. The van der Waals surface area contributed by atoms with Gasteiger partial charge in [-0.3, -0.25) is 4.79 Å². The van der Waals surface area contributed by atoms with E-state index in [0.717, 1.165) is 5.04 Å². The fourth-order valence-corrected chi connectivity index (χ4v) is 2.48. The van der Waals surface area contributed by atoms with Crippen LogP contribution < -0.4 is 4.74 Å². The van der Waals surface area contributed by atoms with Gasteiger partial charge in [0.2, 0.25) is 0 Å². The van der Waals surface area contributed by atoms with Crippen LogP contribution in [0, 0.1) is 5.82 Å². The molecule has 1 aromatic rings. The molecular weight excluding hydrogens is 363 g/mol. The predicted octanol–water partition coefficient (Wildman–Crippen LogP) is 5.07. The molecule has 0 heterocycles. The number of carbonyl (C=O) groups is 1. The van der Waals surface area contributed by atoms with Gasteiger partial charge < -0.3 is 9.64 Å². The van der Waals surface area contributed by atoms with E-state index in [-0.39, 0.29) is 17.8 Å². The van der Waals surface area contributed by atoms with Crippen molar-refractivity contribution in [1.29, 1.82) is 0 Å². The van der Waals surface area contributed by atoms with Gasteiger partial charge >= 0.3 is 0 Å². The van der Waals surface area contributed by atoms with E-state index in [1.807, 2.05) is 27.0 Å². The zero-order chi connectivity index (χ0) is 20.2. The van der Waals surface area contributed by atoms with E-state index in [4.69, 9.17) is 4.74 Å². The molecular formula is C21H29FN2O2S. The van der Waals surface area contributed by atoms with E-state index >= 15 is 0 Å². The number of halogens is 1. The first-order chi connectivity index (χ1) is 12.9. The third-order valence-electron chi connectivity index (χ3n) is 3.78. The van der Waals surface area contributed by atoms with Gasteiger partial charge in [-0.05, 0) is 70.2 Å². The number of ether oxygens (including phenoxy) is 1. The van der Waals surface area contributed by atoms with E-state index in [1.165, 1.54) is 23.9 Å². The lowest BCUT2D eigenvalue weighted by molar-refractivity contribution is -0.128. The summed E-state index contributed by atoms with van der Waals surface area (Å²) in [6.45, 7) is 10.5. The Morgan fingerprint density at radius 2 is 2.04 bits per heavy atom. The van der Waals surface area contributed by atoms with Crippen molar-refractivity contribution in [3.8, 4) is 5.75 Å². The highest BCUT2D eigenvalue weighted by Crippen LogP contribution is 2.14. The average Bonchev–Trinajstić information content (AvgIpc) is 2.65. The maximum atomic E-state index is 13.0. The van der Waals surface area contributed by atoms with E-state index in [1.54, 1.807) is 29.2 Å². The quantitative estimate of drug-likeness (QED) is 0.183. The topological polar surface area (TPSA) is 41.9 Å². The Labute approximate surface area is 166 Å². The van der Waals surface area contributed by atoms with Gasteiger partial charge in [0.15, 0.2) is 0 Å². The molecule has 0 N–H and O–H groups in total. The minimum Gasteiger partial charge on any atom is -0.494 e. The number of allylic oxidation sites excluding steroid dienone is 2. The normalized spacial score (nSPS) is 12.2. The first-order valence-electron chi connectivity index (χ1n) is 8.98. The third-order valence-corrected chi connectivity index (χ3v) is 4.46. The second-order valence-corrected chi connectivity index (χ2v) is 7.20. The molecule has 148 valence electrons. The fraction of sp³-hybridized carbons (Fsp3) is 0.429. The summed E-state index contributed by atoms with van der Waals surface area (Å²) < 4.78 is 18.5. The Hall–Kier alpha value is -2.08. The van der Waals surface area contributed by atoms with Gasteiger partial charge in [0, 0.05) is 12.6 Å². The second kappa shape index (κ2) is 12.3. The van der Waals surface area contributed by atoms with Crippen molar-refractivity contribution < 1.29 is 13.9 Å². The molecule has 0 aliphatic carbocycles. The molecule has 6 heteroatoms. The number of nitrogens with zero attached hydrogens (tertiary/aromatic N) is 2. The lowest BCUT2D eigenvalue weighted by Gasteiger charge is -2.27. The van der Waals surface area contributed by atoms with Crippen molar-refractivity contribution in [2.75, 3.05) is 19.4 Å². The summed E-state index contributed by atoms with van der Waals surface area (Å²) >= 11 is 1.51. The van der Waals surface area contributed by atoms with Crippen LogP contribution in [-0.4, -0.2) is 41.3 Å². The van der Waals surface area contributed by atoms with E-state index in [0.29, 0.717) is 37.4 Å². The van der Waals surface area contributed by atoms with Crippen LogP contribution >= 0.6 is 11.8 Å². The molecule has 0 atom stereocenters. The lowest BCUT2D eigenvalue weighted by atomic mass is 10.2. The molecule has 0 aromatic heterocycles. The molecule has 4 nitrogen and oxygen atoms in total. The number of carbonyl (C=O) groups excluding carboxylic acids is 1. The maximum absolute atomic E-state index is 13.0. The number of amides is 1. The molecule has 0 saturated carbocycles. The molecule has 0 aliphatic rings. The van der Waals surface area contributed by atoms with E-state index in [9.17, 15) is 9.18 Å². The molecule has 1 rings (SSSR count). The van der Waals surface area contributed by atoms with Gasteiger partial charge in [-0.2, -0.15) is 0 Å². The zero-order valence-electron chi connectivity index (χ0n) is 16.6. The summed E-state index contributed by atoms with van der Waals surface area (Å²) in [6.07, 6.45) is 6.74. The van der Waals surface area contributed by atoms with Crippen molar-refractivity contribution in [3.05, 3.63) is 54.5 Å². The van der Waals surface area contributed by atoms with Crippen LogP contribution in [0.15, 0.2) is 53.7 Å². The van der Waals surface area contributed by atoms with Crippen molar-refractivity contribution >= 4 is 22.7 Å². The van der Waals surface area contributed by atoms with Gasteiger partial charge in [-0.15, -0.1) is 18.3 Å². The summed E-state index contributed by atoms with van der Waals surface area (Å²) in [4.78, 5) is 19.2. The molecule has 0 fully saturated rings. The van der Waals surface area contributed by atoms with Gasteiger partial charge in [0.1, 0.15) is 17.3 Å². The van der Waals surface area contributed by atoms with Gasteiger partial charge in [0.05, 0.1) is 11.7 Å². The highest BCUT2D eigenvalue weighted by atomic mass is 32.2. The molecule has 27 heavy (non-hydrogen) atoms. The Bertz CT molecular complexity index is 669. The van der Waals surface area contributed by atoms with E-state index in [2.05, 4.69) is 11.6 Å². The van der Waals surface area contributed by atoms with Crippen LogP contribution in [0.3, 0.4) is 0 Å². The molecule has 0 radical (unpaired) electrons. The summed E-state index contributed by atoms with van der Waals surface area (Å²) in [5, 5.41) is 0.835. The molecule has 1 amide bonds. The van der Waals surface area contributed by atoms with Crippen LogP contribution in [0.2, 0.25) is 0 Å². The molecule has 0 bridgehead atoms. The van der Waals surface area contributed by atoms with Crippen LogP contribution in [0.1, 0.15) is 33.6 Å². The smallest absolute Gasteiger partial charge is 0.272 e. The minimum absolute atomic E-state index is 0.0419. The highest BCUT2D eigenvalue weighted by molar-refractivity contribution is 8.13. The van der Waals surface area contributed by atoms with Crippen molar-refractivity contribution in [2.45, 2.75) is 39.7 Å². The van der Waals surface area contributed by atoms with Gasteiger partial charge in [-0.1, -0.05) is 6.08 Å². The van der Waals surface area contributed by atoms with Crippen molar-refractivity contribution in [2.24, 2.45) is 4.99 Å². The van der Waals surface area contributed by atoms with Crippen LogP contribution in [0.25, 0.3) is 0 Å². The van der Waals surface area contributed by atoms with Crippen molar-refractivity contribution in [1.82, 2.24) is 4.90 Å². The monoisotopic (exact) mass is 392 g/mol. The molecule has 0 aliphatic heterocycles. The van der Waals surface area contributed by atoms with Crippen LogP contribution in [-0.2, 0) is 4.79 Å². The summed E-state index contributed by atoms with van der Waals surface area (Å²) in [5.41, 5.74) is 0.440. The van der Waals surface area contributed by atoms with E-state index < -0.39 is 0 Å². The average molecular weight is 393 g/mol. The third kappa shape index (κ3) is 8.43. The highest BCUT2D eigenvalue weighted by Gasteiger charge is 2.20. The lowest BCUT2D eigenvalue weighted by Crippen LogP contribution is -2.39. The standard InChI is InChI=1S/C21H29FN2O2S/c1-6-7-9-20(23-17(4)27-5)21(25)24(16(2)3)14-8-15-26-19-12-10-18(22)11-13-19/h6,9-13,16H,1,7-8,14-15H2,2-5H3/b20-9+,23-17?. The maximum Gasteiger partial charge on any atom is 0.272 e. The molecule has 0 unspecified atom stereocenters. The first-order valence-corrected chi connectivity index (χ1v) is 10.2.